The van der Waals surface area contributed by atoms with E-state index >= 15 is 0 Å². The van der Waals surface area contributed by atoms with Gasteiger partial charge in [-0.3, -0.25) is 14.2 Å². The Kier molecular flexibility index (Phi) is 3.62. The highest BCUT2D eigenvalue weighted by molar-refractivity contribution is 5.72. The third kappa shape index (κ3) is 2.57. The highest BCUT2D eigenvalue weighted by Crippen LogP contribution is 2.04. The first-order valence-corrected chi connectivity index (χ1v) is 4.56. The molecule has 3 N–H and O–H groups in total. The standard InChI is InChI=1S/C9H13N3O4/c1-5-3-7(13)12(9(11-5)16-2)4-6(10)8(14)15/h3,6H,4,10H2,1-2H3,(H,14,15). The summed E-state index contributed by atoms with van der Waals surface area (Å²) in [4.78, 5) is 26.1. The minimum atomic E-state index is -1.19. The summed E-state index contributed by atoms with van der Waals surface area (Å²) in [7, 11) is 1.35. The minimum absolute atomic E-state index is 0.0571. The van der Waals surface area contributed by atoms with Gasteiger partial charge in [0.25, 0.3) is 11.6 Å². The number of aliphatic carboxylic acids is 1. The molecule has 0 radical (unpaired) electrons. The Morgan fingerprint density at radius 3 is 2.88 bits per heavy atom. The van der Waals surface area contributed by atoms with E-state index in [1.807, 2.05) is 0 Å². The van der Waals surface area contributed by atoms with Crippen molar-refractivity contribution in [2.45, 2.75) is 19.5 Å². The van der Waals surface area contributed by atoms with E-state index < -0.39 is 12.0 Å². The van der Waals surface area contributed by atoms with Crippen LogP contribution in [0.25, 0.3) is 0 Å². The number of methoxy groups -OCH3 is 1. The first kappa shape index (κ1) is 12.2. The Balaban J connectivity index is 3.12. The average Bonchev–Trinajstić information content (AvgIpc) is 2.21. The van der Waals surface area contributed by atoms with Crippen LogP contribution in [0.15, 0.2) is 10.9 Å². The molecule has 0 aromatic carbocycles. The maximum Gasteiger partial charge on any atom is 0.322 e. The molecule has 16 heavy (non-hydrogen) atoms. The van der Waals surface area contributed by atoms with Gasteiger partial charge >= 0.3 is 5.97 Å². The number of hydrogen-bond donors (Lipinski definition) is 2. The van der Waals surface area contributed by atoms with Crippen LogP contribution in [0.1, 0.15) is 5.69 Å². The molecule has 0 fully saturated rings. The van der Waals surface area contributed by atoms with Gasteiger partial charge in [0.1, 0.15) is 6.04 Å². The lowest BCUT2D eigenvalue weighted by Gasteiger charge is -2.12. The second-order valence-corrected chi connectivity index (χ2v) is 3.28. The molecule has 7 nitrogen and oxygen atoms in total. The SMILES string of the molecule is COc1nc(C)cc(=O)n1CC(N)C(=O)O. The van der Waals surface area contributed by atoms with Gasteiger partial charge in [0.05, 0.1) is 13.7 Å². The summed E-state index contributed by atoms with van der Waals surface area (Å²) in [5.41, 5.74) is 5.45. The summed E-state index contributed by atoms with van der Waals surface area (Å²) >= 11 is 0. The first-order chi connectivity index (χ1) is 7.45. The Labute approximate surface area is 91.5 Å². The zero-order valence-electron chi connectivity index (χ0n) is 9.01. The summed E-state index contributed by atoms with van der Waals surface area (Å²) in [6.45, 7) is 1.47. The number of aryl methyl sites for hydroxylation is 1. The molecule has 0 aliphatic heterocycles. The van der Waals surface area contributed by atoms with Crippen LogP contribution in [0.3, 0.4) is 0 Å². The number of carbonyl (C=O) groups is 1. The lowest BCUT2D eigenvalue weighted by atomic mass is 10.3. The molecule has 1 aromatic heterocycles. The van der Waals surface area contributed by atoms with Gasteiger partial charge in [-0.05, 0) is 6.92 Å². The van der Waals surface area contributed by atoms with Gasteiger partial charge in [-0.25, -0.2) is 4.98 Å². The van der Waals surface area contributed by atoms with Crippen molar-refractivity contribution in [3.05, 3.63) is 22.1 Å². The molecule has 0 bridgehead atoms. The molecular formula is C9H13N3O4. The van der Waals surface area contributed by atoms with Crippen molar-refractivity contribution in [3.63, 3.8) is 0 Å². The number of hydrogen-bond acceptors (Lipinski definition) is 5. The fourth-order valence-electron chi connectivity index (χ4n) is 1.19. The summed E-state index contributed by atoms with van der Waals surface area (Å²) in [5, 5.41) is 8.65. The molecule has 0 saturated carbocycles. The van der Waals surface area contributed by atoms with Crippen molar-refractivity contribution in [1.82, 2.24) is 9.55 Å². The third-order valence-electron chi connectivity index (χ3n) is 1.98. The van der Waals surface area contributed by atoms with E-state index in [0.29, 0.717) is 5.69 Å². The molecule has 0 amide bonds. The van der Waals surface area contributed by atoms with Crippen LogP contribution in [-0.4, -0.2) is 33.8 Å². The van der Waals surface area contributed by atoms with Gasteiger partial charge in [-0.15, -0.1) is 0 Å². The fourth-order valence-corrected chi connectivity index (χ4v) is 1.19. The fraction of sp³-hybridized carbons (Fsp3) is 0.444. The van der Waals surface area contributed by atoms with Crippen molar-refractivity contribution in [2.75, 3.05) is 7.11 Å². The van der Waals surface area contributed by atoms with E-state index in [4.69, 9.17) is 15.6 Å². The molecule has 0 aliphatic rings. The van der Waals surface area contributed by atoms with Gasteiger partial charge in [0.15, 0.2) is 0 Å². The van der Waals surface area contributed by atoms with E-state index in [0.717, 1.165) is 4.57 Å². The molecular weight excluding hydrogens is 214 g/mol. The van der Waals surface area contributed by atoms with Crippen molar-refractivity contribution in [3.8, 4) is 6.01 Å². The van der Waals surface area contributed by atoms with Crippen LogP contribution in [0.4, 0.5) is 0 Å². The van der Waals surface area contributed by atoms with E-state index in [1.54, 1.807) is 6.92 Å². The number of ether oxygens (including phenoxy) is 1. The largest absolute Gasteiger partial charge is 0.480 e. The summed E-state index contributed by atoms with van der Waals surface area (Å²) in [6.07, 6.45) is 0. The number of carboxylic acids is 1. The summed E-state index contributed by atoms with van der Waals surface area (Å²) in [6, 6.07) is 0.176. The van der Waals surface area contributed by atoms with Gasteiger partial charge in [0.2, 0.25) is 0 Å². The van der Waals surface area contributed by atoms with E-state index in [9.17, 15) is 9.59 Å². The maximum atomic E-state index is 11.6. The molecule has 1 rings (SSSR count). The molecule has 0 spiro atoms. The Hall–Kier alpha value is -1.89. The van der Waals surface area contributed by atoms with E-state index in [1.165, 1.54) is 13.2 Å². The quantitative estimate of drug-likeness (QED) is 0.681. The molecule has 0 aliphatic carbocycles. The Morgan fingerprint density at radius 1 is 1.75 bits per heavy atom. The average molecular weight is 227 g/mol. The predicted octanol–water partition coefficient (Wildman–Crippen LogP) is -1.03. The zero-order chi connectivity index (χ0) is 12.3. The van der Waals surface area contributed by atoms with Crippen molar-refractivity contribution in [2.24, 2.45) is 5.73 Å². The molecule has 1 atom stereocenters. The zero-order valence-corrected chi connectivity index (χ0v) is 9.01. The molecule has 1 heterocycles. The second kappa shape index (κ2) is 4.75. The van der Waals surface area contributed by atoms with E-state index in [-0.39, 0.29) is 18.1 Å². The summed E-state index contributed by atoms with van der Waals surface area (Å²) in [5.74, 6) is -1.19. The van der Waals surface area contributed by atoms with Crippen LogP contribution in [-0.2, 0) is 11.3 Å². The maximum absolute atomic E-state index is 11.6. The second-order valence-electron chi connectivity index (χ2n) is 3.28. The Bertz CT molecular complexity index is 455. The Morgan fingerprint density at radius 2 is 2.38 bits per heavy atom. The van der Waals surface area contributed by atoms with Crippen LogP contribution in [0.2, 0.25) is 0 Å². The third-order valence-corrected chi connectivity index (χ3v) is 1.98. The smallest absolute Gasteiger partial charge is 0.322 e. The molecule has 0 saturated heterocycles. The van der Waals surface area contributed by atoms with Crippen molar-refractivity contribution >= 4 is 5.97 Å². The molecule has 1 unspecified atom stereocenters. The normalized spacial score (nSPS) is 12.2. The van der Waals surface area contributed by atoms with Crippen LogP contribution >= 0.6 is 0 Å². The van der Waals surface area contributed by atoms with Gasteiger partial charge in [-0.1, -0.05) is 0 Å². The van der Waals surface area contributed by atoms with Crippen LogP contribution in [0.5, 0.6) is 6.01 Å². The van der Waals surface area contributed by atoms with Gasteiger partial charge in [-0.2, -0.15) is 0 Å². The number of carboxylic acid groups (broad SMARTS) is 1. The topological polar surface area (TPSA) is 107 Å². The number of aromatic nitrogens is 2. The minimum Gasteiger partial charge on any atom is -0.480 e. The summed E-state index contributed by atoms with van der Waals surface area (Å²) < 4.78 is 5.98. The molecule has 7 heteroatoms. The number of nitrogens with zero attached hydrogens (tertiary/aromatic N) is 2. The monoisotopic (exact) mass is 227 g/mol. The first-order valence-electron chi connectivity index (χ1n) is 4.56. The van der Waals surface area contributed by atoms with Crippen LogP contribution in [0, 0.1) is 6.92 Å². The van der Waals surface area contributed by atoms with E-state index in [2.05, 4.69) is 4.98 Å². The van der Waals surface area contributed by atoms with Crippen molar-refractivity contribution < 1.29 is 14.6 Å². The highest BCUT2D eigenvalue weighted by Gasteiger charge is 2.16. The lowest BCUT2D eigenvalue weighted by molar-refractivity contribution is -0.138. The lowest BCUT2D eigenvalue weighted by Crippen LogP contribution is -2.38. The van der Waals surface area contributed by atoms with Gasteiger partial charge < -0.3 is 15.6 Å². The van der Waals surface area contributed by atoms with Crippen LogP contribution < -0.4 is 16.0 Å². The number of nitrogens with two attached hydrogens (primary N) is 1. The number of rotatable bonds is 4. The highest BCUT2D eigenvalue weighted by atomic mass is 16.5. The van der Waals surface area contributed by atoms with Gasteiger partial charge in [0, 0.05) is 11.8 Å². The van der Waals surface area contributed by atoms with Crippen molar-refractivity contribution in [1.29, 1.82) is 0 Å². The molecule has 1 aromatic rings. The molecule has 88 valence electrons. The predicted molar refractivity (Wildman–Crippen MR) is 55.4 cm³/mol.